The second kappa shape index (κ2) is 7.14. The van der Waals surface area contributed by atoms with Gasteiger partial charge in [-0.1, -0.05) is 13.0 Å². The molecule has 0 saturated carbocycles. The molecule has 0 aliphatic carbocycles. The van der Waals surface area contributed by atoms with Crippen molar-refractivity contribution >= 4 is 0 Å². The zero-order valence-corrected chi connectivity index (χ0v) is 11.7. The molecule has 1 aliphatic rings. The summed E-state index contributed by atoms with van der Waals surface area (Å²) in [6.45, 7) is 15.5. The second-order valence-corrected chi connectivity index (χ2v) is 5.23. The number of ether oxygens (including phenoxy) is 1. The van der Waals surface area contributed by atoms with Crippen molar-refractivity contribution in [2.75, 3.05) is 32.8 Å². The second-order valence-electron chi connectivity index (χ2n) is 5.23. The summed E-state index contributed by atoms with van der Waals surface area (Å²) < 4.78 is 5.44. The third-order valence-corrected chi connectivity index (χ3v) is 3.79. The fourth-order valence-corrected chi connectivity index (χ4v) is 2.60. The van der Waals surface area contributed by atoms with Crippen LogP contribution in [0.15, 0.2) is 12.7 Å². The van der Waals surface area contributed by atoms with E-state index < -0.39 is 0 Å². The monoisotopic (exact) mass is 240 g/mol. The standard InChI is InChI=1S/C14H28N2O/c1-5-7-8-13(15-6-2)14(3,4)16-9-11-17-12-10-16/h5,13,15H,1,6-12H2,2-4H3. The van der Waals surface area contributed by atoms with Crippen LogP contribution in [-0.2, 0) is 4.74 Å². The molecule has 0 aromatic rings. The zero-order valence-electron chi connectivity index (χ0n) is 11.7. The van der Waals surface area contributed by atoms with Crippen LogP contribution in [0.2, 0.25) is 0 Å². The molecule has 1 rings (SSSR count). The Morgan fingerprint density at radius 2 is 2.06 bits per heavy atom. The van der Waals surface area contributed by atoms with Gasteiger partial charge in [-0.15, -0.1) is 6.58 Å². The molecule has 1 atom stereocenters. The summed E-state index contributed by atoms with van der Waals surface area (Å²) in [5.74, 6) is 0. The van der Waals surface area contributed by atoms with Crippen LogP contribution in [-0.4, -0.2) is 49.3 Å². The first kappa shape index (κ1) is 14.7. The van der Waals surface area contributed by atoms with E-state index in [1.54, 1.807) is 0 Å². The molecule has 1 fully saturated rings. The maximum absolute atomic E-state index is 5.44. The molecule has 0 radical (unpaired) electrons. The first-order chi connectivity index (χ1) is 8.12. The van der Waals surface area contributed by atoms with E-state index >= 15 is 0 Å². The smallest absolute Gasteiger partial charge is 0.0594 e. The summed E-state index contributed by atoms with van der Waals surface area (Å²) in [5, 5.41) is 3.62. The highest BCUT2D eigenvalue weighted by Crippen LogP contribution is 2.23. The summed E-state index contributed by atoms with van der Waals surface area (Å²) in [6.07, 6.45) is 4.24. The summed E-state index contributed by atoms with van der Waals surface area (Å²) in [4.78, 5) is 2.55. The van der Waals surface area contributed by atoms with Crippen molar-refractivity contribution in [3.63, 3.8) is 0 Å². The van der Waals surface area contributed by atoms with Crippen LogP contribution in [0.4, 0.5) is 0 Å². The third-order valence-electron chi connectivity index (χ3n) is 3.79. The van der Waals surface area contributed by atoms with Crippen LogP contribution in [0.3, 0.4) is 0 Å². The predicted molar refractivity (Wildman–Crippen MR) is 73.4 cm³/mol. The van der Waals surface area contributed by atoms with Gasteiger partial charge in [0, 0.05) is 24.7 Å². The summed E-state index contributed by atoms with van der Waals surface area (Å²) in [7, 11) is 0. The topological polar surface area (TPSA) is 24.5 Å². The molecular weight excluding hydrogens is 212 g/mol. The number of allylic oxidation sites excluding steroid dienone is 1. The van der Waals surface area contributed by atoms with Gasteiger partial charge >= 0.3 is 0 Å². The Kier molecular flexibility index (Phi) is 6.17. The molecule has 1 aliphatic heterocycles. The number of nitrogens with one attached hydrogen (secondary N) is 1. The van der Waals surface area contributed by atoms with Gasteiger partial charge in [0.25, 0.3) is 0 Å². The zero-order chi connectivity index (χ0) is 12.7. The van der Waals surface area contributed by atoms with Crippen molar-refractivity contribution in [2.45, 2.75) is 45.2 Å². The lowest BCUT2D eigenvalue weighted by molar-refractivity contribution is -0.0240. The SMILES string of the molecule is C=CCCC(NCC)C(C)(C)N1CCOCC1. The lowest BCUT2D eigenvalue weighted by Gasteiger charge is -2.46. The molecule has 3 nitrogen and oxygen atoms in total. The number of morpholine rings is 1. The highest BCUT2D eigenvalue weighted by molar-refractivity contribution is 4.95. The van der Waals surface area contributed by atoms with Crippen LogP contribution < -0.4 is 5.32 Å². The first-order valence-corrected chi connectivity index (χ1v) is 6.80. The number of hydrogen-bond acceptors (Lipinski definition) is 3. The number of nitrogens with zero attached hydrogens (tertiary/aromatic N) is 1. The molecule has 17 heavy (non-hydrogen) atoms. The fourth-order valence-electron chi connectivity index (χ4n) is 2.60. The largest absolute Gasteiger partial charge is 0.379 e. The maximum atomic E-state index is 5.44. The van der Waals surface area contributed by atoms with Gasteiger partial charge in [-0.05, 0) is 33.2 Å². The van der Waals surface area contributed by atoms with Crippen molar-refractivity contribution in [1.82, 2.24) is 10.2 Å². The van der Waals surface area contributed by atoms with E-state index in [-0.39, 0.29) is 5.54 Å². The molecule has 1 N–H and O–H groups in total. The highest BCUT2D eigenvalue weighted by Gasteiger charge is 2.35. The van der Waals surface area contributed by atoms with Gasteiger partial charge in [-0.3, -0.25) is 4.90 Å². The van der Waals surface area contributed by atoms with Crippen molar-refractivity contribution in [1.29, 1.82) is 0 Å². The van der Waals surface area contributed by atoms with Gasteiger partial charge in [0.2, 0.25) is 0 Å². The quantitative estimate of drug-likeness (QED) is 0.689. The van der Waals surface area contributed by atoms with Crippen LogP contribution in [0, 0.1) is 0 Å². The number of rotatable bonds is 7. The average Bonchev–Trinajstić information content (AvgIpc) is 2.35. The Hall–Kier alpha value is -0.380. The van der Waals surface area contributed by atoms with E-state index in [0.717, 1.165) is 45.7 Å². The van der Waals surface area contributed by atoms with Crippen molar-refractivity contribution in [2.24, 2.45) is 0 Å². The molecule has 0 amide bonds. The Balaban J connectivity index is 2.62. The molecule has 0 aromatic heterocycles. The Morgan fingerprint density at radius 1 is 1.41 bits per heavy atom. The van der Waals surface area contributed by atoms with E-state index in [2.05, 4.69) is 37.6 Å². The lowest BCUT2D eigenvalue weighted by Crippen LogP contribution is -2.60. The van der Waals surface area contributed by atoms with E-state index in [0.29, 0.717) is 6.04 Å². The lowest BCUT2D eigenvalue weighted by atomic mass is 9.88. The molecule has 0 spiro atoms. The Bertz CT molecular complexity index is 222. The van der Waals surface area contributed by atoms with Crippen LogP contribution in [0.1, 0.15) is 33.6 Å². The predicted octanol–water partition coefficient (Wildman–Crippen LogP) is 2.04. The van der Waals surface area contributed by atoms with E-state index in [9.17, 15) is 0 Å². The van der Waals surface area contributed by atoms with Crippen LogP contribution >= 0.6 is 0 Å². The molecule has 0 aromatic carbocycles. The average molecular weight is 240 g/mol. The molecule has 3 heteroatoms. The van der Waals surface area contributed by atoms with E-state index in [1.165, 1.54) is 0 Å². The highest BCUT2D eigenvalue weighted by atomic mass is 16.5. The molecule has 0 bridgehead atoms. The molecule has 1 unspecified atom stereocenters. The van der Waals surface area contributed by atoms with Gasteiger partial charge in [-0.25, -0.2) is 0 Å². The Labute approximate surface area is 106 Å². The van der Waals surface area contributed by atoms with Crippen molar-refractivity contribution in [3.05, 3.63) is 12.7 Å². The molecule has 1 saturated heterocycles. The van der Waals surface area contributed by atoms with E-state index in [1.807, 2.05) is 6.08 Å². The molecule has 100 valence electrons. The normalized spacial score (nSPS) is 20.2. The van der Waals surface area contributed by atoms with E-state index in [4.69, 9.17) is 4.74 Å². The minimum absolute atomic E-state index is 0.183. The summed E-state index contributed by atoms with van der Waals surface area (Å²) in [6, 6.07) is 0.517. The Morgan fingerprint density at radius 3 is 2.59 bits per heavy atom. The first-order valence-electron chi connectivity index (χ1n) is 6.80. The maximum Gasteiger partial charge on any atom is 0.0594 e. The fraction of sp³-hybridized carbons (Fsp3) is 0.857. The summed E-state index contributed by atoms with van der Waals surface area (Å²) in [5.41, 5.74) is 0.183. The van der Waals surface area contributed by atoms with Crippen LogP contribution in [0.5, 0.6) is 0 Å². The minimum atomic E-state index is 0.183. The third kappa shape index (κ3) is 4.09. The molecule has 1 heterocycles. The van der Waals surface area contributed by atoms with Crippen molar-refractivity contribution in [3.8, 4) is 0 Å². The van der Waals surface area contributed by atoms with Gasteiger partial charge in [0.15, 0.2) is 0 Å². The number of likely N-dealkylation sites (N-methyl/N-ethyl adjacent to an activating group) is 1. The molecular formula is C14H28N2O. The van der Waals surface area contributed by atoms with Gasteiger partial charge in [0.1, 0.15) is 0 Å². The van der Waals surface area contributed by atoms with Gasteiger partial charge in [0.05, 0.1) is 13.2 Å². The van der Waals surface area contributed by atoms with Gasteiger partial charge in [-0.2, -0.15) is 0 Å². The van der Waals surface area contributed by atoms with Gasteiger partial charge < -0.3 is 10.1 Å². The number of hydrogen-bond donors (Lipinski definition) is 1. The minimum Gasteiger partial charge on any atom is -0.379 e. The van der Waals surface area contributed by atoms with Crippen LogP contribution in [0.25, 0.3) is 0 Å². The summed E-state index contributed by atoms with van der Waals surface area (Å²) >= 11 is 0. The van der Waals surface area contributed by atoms with Crippen molar-refractivity contribution < 1.29 is 4.74 Å².